The third-order valence-electron chi connectivity index (χ3n) is 11.2. The lowest BCUT2D eigenvalue weighted by Crippen LogP contribution is -2.18. The van der Waals surface area contributed by atoms with E-state index in [-0.39, 0.29) is 75.2 Å². The minimum atomic E-state index is -4.14. The van der Waals surface area contributed by atoms with Crippen molar-refractivity contribution in [3.05, 3.63) is 132 Å². The fourth-order valence-corrected chi connectivity index (χ4v) is 18.0. The third kappa shape index (κ3) is 32.3. The molecule has 0 bridgehead atoms. The number of primary sulfonamides is 10. The van der Waals surface area contributed by atoms with Crippen LogP contribution in [-0.2, 0) is 117 Å². The minimum Gasteiger partial charge on any atom is -0.399 e. The SMILES string of the molecule is Cc1cc(N)c(S(N)(=O)=O)cc1S(N)(=O)=O.Cn1nc(S(N)(=O)=O)sc1=N.Nc1cc(Cl)c(S(N)(=O)=O)cc1S(N)(=O)=O.Nc1ccc(S(=O)(=O)Nc2nnc(S(N)(=O)=O)s2)cc1.Nc1ccc(S(N)(=O)=O)cc1Br.Nc1ccc(S(N)(=O)=O)cc1Cl.Nc1ccc(S(N)(=O)=O)cc1I.Nc1nnc(S(N)(=O)=O)s1. The molecule has 0 aliphatic rings. The van der Waals surface area contributed by atoms with Gasteiger partial charge in [0.25, 0.3) is 40.1 Å². The van der Waals surface area contributed by atoms with Gasteiger partial charge in [-0.2, -0.15) is 0 Å². The van der Waals surface area contributed by atoms with Gasteiger partial charge in [0.05, 0.1) is 51.6 Å². The molecule has 0 fully saturated rings. The molecule has 9 rings (SSSR count). The summed E-state index contributed by atoms with van der Waals surface area (Å²) < 4.78 is 245. The van der Waals surface area contributed by atoms with Crippen molar-refractivity contribution in [2.24, 2.45) is 58.4 Å². The molecule has 0 saturated carbocycles. The summed E-state index contributed by atoms with van der Waals surface area (Å²) in [7, 11) is -41.2. The van der Waals surface area contributed by atoms with Crippen LogP contribution in [0.4, 0.5) is 44.4 Å². The van der Waals surface area contributed by atoms with Gasteiger partial charge in [-0.1, -0.05) is 57.2 Å². The number of nitrogens with zero attached hydrogens (tertiary/aromatic N) is 6. The van der Waals surface area contributed by atoms with Crippen LogP contribution in [0.25, 0.3) is 0 Å². The van der Waals surface area contributed by atoms with Gasteiger partial charge in [-0.05, 0) is 154 Å². The average molecular weight is 2020 g/mol. The van der Waals surface area contributed by atoms with E-state index in [1.165, 1.54) is 98.9 Å². The van der Waals surface area contributed by atoms with Crippen LogP contribution in [0, 0.1) is 15.9 Å². The molecule has 36 N–H and O–H groups in total. The second kappa shape index (κ2) is 38.0. The second-order valence-corrected chi connectivity index (χ2v) is 43.2. The van der Waals surface area contributed by atoms with Crippen molar-refractivity contribution in [3.8, 4) is 0 Å². The Bertz CT molecular complexity index is 5900. The number of aromatic nitrogens is 6. The number of aryl methyl sites for hydroxylation is 2. The standard InChI is InChI=1S/C8H9N5O4S3.C7H11N3O4S2.C6H7BrN2O2S.C6H8ClN3O4S2.C6H7ClN2O2S.C6H7IN2O2S.C3H6N4O2S2.C2H4N4O2S2/c9-5-1-3-6(4-2-5)20(16,17)13-7-11-12-8(18-7)19(10,14)15;1-4-2-5(8)7(16(10,13)14)3-6(4)15(9,11)12;7-5-3-4(12(9,10)11)1-2-6(5)8;7-3-1-4(8)6(16(10,13)14)2-5(3)15(9,11)12;2*7-5-3-4(12(9,10)11)1-2-6(5)8;1-7-2(4)10-3(6-7)11(5,8)9;3-1-5-6-2(9-1)10(4,7)8/h1-4H,9H2,(H,11,13)(H2,10,14,15);2-3H,8H2,1H3,(H2,9,11,12)(H2,10,13,14);1-3H,8H2,(H2,9,10,11);1-2H,8H2,(H2,9,11,12)(H2,10,13,14);2*1-3H,8H2,(H2,9,10,11);4H,1H3,(H2,5,8,9);(H2,3,5)(H2,4,7,8). The maximum Gasteiger partial charge on any atom is 0.267 e. The Kier molecular flexibility index (Phi) is 34.2. The number of nitrogens with two attached hydrogens (primary N) is 17. The van der Waals surface area contributed by atoms with E-state index in [2.05, 4.69) is 46.1 Å². The molecule has 3 heterocycles. The number of hydrogen-bond donors (Lipinski definition) is 19. The molecule has 6 aromatic carbocycles. The van der Waals surface area contributed by atoms with Crippen molar-refractivity contribution >= 4 is 250 Å². The first-order chi connectivity index (χ1) is 48.9. The molecule has 0 saturated heterocycles. The second-order valence-electron chi connectivity index (χ2n) is 19.7. The van der Waals surface area contributed by atoms with E-state index in [4.69, 9.17) is 120 Å². The van der Waals surface area contributed by atoms with Crippen molar-refractivity contribution in [2.45, 2.75) is 59.1 Å². The van der Waals surface area contributed by atoms with Crippen molar-refractivity contribution < 1.29 is 92.6 Å². The van der Waals surface area contributed by atoms with E-state index in [9.17, 15) is 92.6 Å². The summed E-state index contributed by atoms with van der Waals surface area (Å²) in [6, 6.07) is 21.6. The summed E-state index contributed by atoms with van der Waals surface area (Å²) >= 11 is 18.2. The first kappa shape index (κ1) is 98.1. The number of benzene rings is 6. The van der Waals surface area contributed by atoms with Crippen LogP contribution in [0.1, 0.15) is 5.56 Å². The molecule has 0 amide bonds. The molecule has 0 spiro atoms. The Morgan fingerprint density at radius 2 is 0.789 bits per heavy atom. The fraction of sp³-hybridized carbons (Fsp3) is 0.0455. The van der Waals surface area contributed by atoms with E-state index in [1.54, 1.807) is 0 Å². The van der Waals surface area contributed by atoms with E-state index in [0.717, 1.165) is 45.6 Å². The van der Waals surface area contributed by atoms with Gasteiger partial charge in [-0.3, -0.25) is 10.1 Å². The van der Waals surface area contributed by atoms with Crippen molar-refractivity contribution in [3.63, 3.8) is 0 Å². The number of anilines is 8. The molecule has 3 aromatic heterocycles. The van der Waals surface area contributed by atoms with Gasteiger partial charge in [0, 0.05) is 32.2 Å². The predicted molar refractivity (Wildman–Crippen MR) is 416 cm³/mol. The predicted octanol–water partition coefficient (Wildman–Crippen LogP) is -3.20. The highest BCUT2D eigenvalue weighted by Crippen LogP contribution is 2.30. The fourth-order valence-electron chi connectivity index (χ4n) is 6.29. The summed E-state index contributed by atoms with van der Waals surface area (Å²) in [4.78, 5) is -1.76. The summed E-state index contributed by atoms with van der Waals surface area (Å²) in [5, 5.41) is 72.0. The molecule has 9 aromatic rings. The Morgan fingerprint density at radius 3 is 1.14 bits per heavy atom. The molecule has 0 aliphatic carbocycles. The van der Waals surface area contributed by atoms with E-state index < -0.39 is 129 Å². The smallest absolute Gasteiger partial charge is 0.267 e. The van der Waals surface area contributed by atoms with Gasteiger partial charge in [0.15, 0.2) is 0 Å². The Balaban J connectivity index is 0.000000427. The third-order valence-corrected chi connectivity index (χ3v) is 28.1. The summed E-state index contributed by atoms with van der Waals surface area (Å²) in [5.74, 6) is 0. The van der Waals surface area contributed by atoms with Crippen LogP contribution in [-0.4, -0.2) is 123 Å². The highest BCUT2D eigenvalue weighted by molar-refractivity contribution is 14.1. The maximum absolute atomic E-state index is 12.0. The molecule has 0 atom stereocenters. The van der Waals surface area contributed by atoms with Crippen molar-refractivity contribution in [1.82, 2.24) is 30.2 Å². The zero-order valence-electron chi connectivity index (χ0n) is 54.0. The van der Waals surface area contributed by atoms with Gasteiger partial charge in [0.2, 0.25) is 98.2 Å². The molecule has 0 unspecified atom stereocenters. The molecule has 0 aliphatic heterocycles. The monoisotopic (exact) mass is 2010 g/mol. The highest BCUT2D eigenvalue weighted by Gasteiger charge is 2.24. The average Bonchev–Trinajstić information content (AvgIpc) is 1.46. The summed E-state index contributed by atoms with van der Waals surface area (Å²) in [6.07, 6.45) is 0. The van der Waals surface area contributed by atoms with Gasteiger partial charge in [0.1, 0.15) is 14.7 Å². The van der Waals surface area contributed by atoms with Crippen LogP contribution in [0.5, 0.6) is 0 Å². The number of nitrogens with one attached hydrogen (secondary N) is 2. The lowest BCUT2D eigenvalue weighted by molar-refractivity contribution is 0.589. The summed E-state index contributed by atoms with van der Waals surface area (Å²) in [6.45, 7) is 1.45. The molecule has 65 heteroatoms. The first-order valence-corrected chi connectivity index (χ1v) is 48.2. The number of hydrogen-bond acceptors (Lipinski definition) is 38. The van der Waals surface area contributed by atoms with Crippen LogP contribution >= 0.6 is 95.7 Å². The van der Waals surface area contributed by atoms with E-state index >= 15 is 0 Å². The van der Waals surface area contributed by atoms with Gasteiger partial charge in [-0.15, -0.1) is 25.5 Å². The Labute approximate surface area is 665 Å². The van der Waals surface area contributed by atoms with Crippen LogP contribution < -0.4 is 101 Å². The molecule has 109 heavy (non-hydrogen) atoms. The quantitative estimate of drug-likeness (QED) is 0.0399. The van der Waals surface area contributed by atoms with E-state index in [0.29, 0.717) is 42.1 Å². The zero-order chi connectivity index (χ0) is 84.9. The largest absolute Gasteiger partial charge is 0.399 e. The maximum atomic E-state index is 12.0. The minimum absolute atomic E-state index is 0.0401. The molecule has 604 valence electrons. The van der Waals surface area contributed by atoms with Crippen LogP contribution in [0.2, 0.25) is 10.0 Å². The van der Waals surface area contributed by atoms with Gasteiger partial charge in [-0.25, -0.2) is 149 Å². The normalized spacial score (nSPS) is 12.0. The topological polar surface area (TPSA) is 923 Å². The number of halogens is 4. The number of nitrogen functional groups attached to an aromatic ring is 7. The molecular formula is C44H59BrCl2IN25O22S14. The lowest BCUT2D eigenvalue weighted by atomic mass is 10.2. The molecule has 0 radical (unpaired) electrons. The van der Waals surface area contributed by atoms with E-state index in [1.807, 2.05) is 22.6 Å². The molecule has 47 nitrogen and oxygen atoms in total. The number of sulfonamides is 11. The number of rotatable bonds is 13. The van der Waals surface area contributed by atoms with Gasteiger partial charge >= 0.3 is 0 Å². The highest BCUT2D eigenvalue weighted by atomic mass is 127. The van der Waals surface area contributed by atoms with Crippen LogP contribution in [0.3, 0.4) is 0 Å². The Hall–Kier alpha value is -6.96. The Morgan fingerprint density at radius 1 is 0.404 bits per heavy atom. The summed E-state index contributed by atoms with van der Waals surface area (Å²) in [5.41, 5.74) is 39.3. The zero-order valence-corrected chi connectivity index (χ0v) is 70.7. The van der Waals surface area contributed by atoms with Crippen molar-refractivity contribution in [1.29, 1.82) is 5.41 Å². The van der Waals surface area contributed by atoms with Crippen LogP contribution in [0.15, 0.2) is 160 Å². The first-order valence-electron chi connectivity index (χ1n) is 26.2. The molecular weight excluding hydrogens is 1960 g/mol. The van der Waals surface area contributed by atoms with Crippen molar-refractivity contribution in [2.75, 3.05) is 44.9 Å². The van der Waals surface area contributed by atoms with Gasteiger partial charge < -0.3 is 40.1 Å². The lowest BCUT2D eigenvalue weighted by Gasteiger charge is -2.08.